The predicted molar refractivity (Wildman–Crippen MR) is 138 cm³/mol. The van der Waals surface area contributed by atoms with Gasteiger partial charge >= 0.3 is 6.09 Å². The molecule has 7 heteroatoms. The average molecular weight is 495 g/mol. The molecular weight excluding hydrogens is 456 g/mol. The lowest BCUT2D eigenvalue weighted by Gasteiger charge is -2.24. The van der Waals surface area contributed by atoms with Gasteiger partial charge in [-0.2, -0.15) is 0 Å². The Hall–Kier alpha value is -3.22. The Balaban J connectivity index is 1.57. The molecule has 1 N–H and O–H groups in total. The number of hydrogen-bond donors (Lipinski definition) is 1. The number of nitrogens with zero attached hydrogens (tertiary/aromatic N) is 1. The van der Waals surface area contributed by atoms with Crippen molar-refractivity contribution in [2.45, 2.75) is 70.6 Å². The lowest BCUT2D eigenvalue weighted by molar-refractivity contribution is -0.125. The highest BCUT2D eigenvalue weighted by atomic mass is 16.6. The molecule has 1 aliphatic carbocycles. The van der Waals surface area contributed by atoms with E-state index >= 15 is 0 Å². The van der Waals surface area contributed by atoms with Crippen LogP contribution in [0.1, 0.15) is 63.5 Å². The molecule has 0 radical (unpaired) electrons. The predicted octanol–water partition coefficient (Wildman–Crippen LogP) is 5.28. The fourth-order valence-electron chi connectivity index (χ4n) is 5.00. The molecule has 0 spiro atoms. The minimum absolute atomic E-state index is 0.0796. The Morgan fingerprint density at radius 3 is 2.39 bits per heavy atom. The number of methoxy groups -OCH3 is 1. The molecule has 0 unspecified atom stereocenters. The topological polar surface area (TPSA) is 77.1 Å². The van der Waals surface area contributed by atoms with Gasteiger partial charge in [-0.3, -0.25) is 4.79 Å². The van der Waals surface area contributed by atoms with E-state index in [0.29, 0.717) is 31.1 Å². The Bertz CT molecular complexity index is 1040. The molecule has 194 valence electrons. The molecule has 36 heavy (non-hydrogen) atoms. The van der Waals surface area contributed by atoms with E-state index in [4.69, 9.17) is 14.2 Å². The van der Waals surface area contributed by atoms with Crippen molar-refractivity contribution in [1.29, 1.82) is 0 Å². The van der Waals surface area contributed by atoms with Crippen molar-refractivity contribution in [2.75, 3.05) is 20.2 Å². The highest BCUT2D eigenvalue weighted by molar-refractivity contribution is 5.82. The van der Waals surface area contributed by atoms with Crippen LogP contribution < -0.4 is 14.8 Å². The van der Waals surface area contributed by atoms with Crippen molar-refractivity contribution in [3.05, 3.63) is 59.7 Å². The third kappa shape index (κ3) is 6.50. The van der Waals surface area contributed by atoms with Crippen molar-refractivity contribution in [2.24, 2.45) is 5.92 Å². The maximum absolute atomic E-state index is 13.4. The molecule has 1 heterocycles. The van der Waals surface area contributed by atoms with Gasteiger partial charge in [0.15, 0.2) is 11.5 Å². The maximum Gasteiger partial charge on any atom is 0.410 e. The van der Waals surface area contributed by atoms with Crippen LogP contribution >= 0.6 is 0 Å². The van der Waals surface area contributed by atoms with Crippen LogP contribution in [0.5, 0.6) is 11.5 Å². The van der Waals surface area contributed by atoms with Gasteiger partial charge in [-0.05, 0) is 69.7 Å². The number of ether oxygens (including phenoxy) is 3. The van der Waals surface area contributed by atoms with E-state index < -0.39 is 17.6 Å². The SMILES string of the molecule is COc1ccc([C@H]2CN(C(=O)OC(C)(C)C)C[C@@H]2C(=O)NCc2ccccc2)cc1OC1CCCC1. The second kappa shape index (κ2) is 11.2. The summed E-state index contributed by atoms with van der Waals surface area (Å²) >= 11 is 0. The third-order valence-electron chi connectivity index (χ3n) is 6.83. The summed E-state index contributed by atoms with van der Waals surface area (Å²) in [4.78, 5) is 28.0. The van der Waals surface area contributed by atoms with Crippen LogP contribution in [0.4, 0.5) is 4.79 Å². The van der Waals surface area contributed by atoms with Crippen LogP contribution in [0.3, 0.4) is 0 Å². The molecule has 4 rings (SSSR count). The molecule has 2 aliphatic rings. The number of carbonyl (C=O) groups excluding carboxylic acids is 2. The number of hydrogen-bond acceptors (Lipinski definition) is 5. The largest absolute Gasteiger partial charge is 0.493 e. The zero-order valence-electron chi connectivity index (χ0n) is 21.8. The van der Waals surface area contributed by atoms with Crippen LogP contribution in [0, 0.1) is 5.92 Å². The molecule has 1 saturated carbocycles. The Kier molecular flexibility index (Phi) is 8.07. The molecule has 2 aromatic carbocycles. The van der Waals surface area contributed by atoms with Crippen molar-refractivity contribution in [3.8, 4) is 11.5 Å². The van der Waals surface area contributed by atoms with E-state index in [2.05, 4.69) is 5.32 Å². The summed E-state index contributed by atoms with van der Waals surface area (Å²) in [5, 5.41) is 3.07. The van der Waals surface area contributed by atoms with Crippen LogP contribution in [0.2, 0.25) is 0 Å². The van der Waals surface area contributed by atoms with Gasteiger partial charge in [-0.25, -0.2) is 4.79 Å². The summed E-state index contributed by atoms with van der Waals surface area (Å²) < 4.78 is 17.5. The van der Waals surface area contributed by atoms with Crippen LogP contribution in [0.15, 0.2) is 48.5 Å². The molecule has 7 nitrogen and oxygen atoms in total. The highest BCUT2D eigenvalue weighted by Crippen LogP contribution is 2.39. The molecular formula is C29H38N2O5. The first-order valence-electron chi connectivity index (χ1n) is 12.9. The highest BCUT2D eigenvalue weighted by Gasteiger charge is 2.42. The number of amides is 2. The fraction of sp³-hybridized carbons (Fsp3) is 0.517. The molecule has 1 aliphatic heterocycles. The van der Waals surface area contributed by atoms with Crippen LogP contribution in [-0.2, 0) is 16.1 Å². The van der Waals surface area contributed by atoms with E-state index in [9.17, 15) is 9.59 Å². The van der Waals surface area contributed by atoms with Gasteiger partial charge in [0.1, 0.15) is 5.60 Å². The monoisotopic (exact) mass is 494 g/mol. The van der Waals surface area contributed by atoms with E-state index in [1.807, 2.05) is 69.3 Å². The van der Waals surface area contributed by atoms with Gasteiger partial charge in [-0.1, -0.05) is 36.4 Å². The second-order valence-electron chi connectivity index (χ2n) is 10.7. The van der Waals surface area contributed by atoms with Gasteiger partial charge in [-0.15, -0.1) is 0 Å². The van der Waals surface area contributed by atoms with Crippen LogP contribution in [-0.4, -0.2) is 48.8 Å². The first-order chi connectivity index (χ1) is 17.2. The minimum Gasteiger partial charge on any atom is -0.493 e. The molecule has 1 saturated heterocycles. The first kappa shape index (κ1) is 25.9. The Morgan fingerprint density at radius 2 is 1.72 bits per heavy atom. The summed E-state index contributed by atoms with van der Waals surface area (Å²) in [6.07, 6.45) is 4.19. The summed E-state index contributed by atoms with van der Waals surface area (Å²) in [5.74, 6) is 0.696. The fourth-order valence-corrected chi connectivity index (χ4v) is 5.00. The lowest BCUT2D eigenvalue weighted by Crippen LogP contribution is -2.37. The number of likely N-dealkylation sites (tertiary alicyclic amines) is 1. The van der Waals surface area contributed by atoms with Crippen molar-refractivity contribution in [1.82, 2.24) is 10.2 Å². The van der Waals surface area contributed by atoms with Gasteiger partial charge in [0, 0.05) is 25.6 Å². The number of benzene rings is 2. The summed E-state index contributed by atoms with van der Waals surface area (Å²) in [7, 11) is 1.64. The third-order valence-corrected chi connectivity index (χ3v) is 6.83. The minimum atomic E-state index is -0.608. The normalized spacial score (nSPS) is 20.3. The zero-order chi connectivity index (χ0) is 25.7. The maximum atomic E-state index is 13.4. The van der Waals surface area contributed by atoms with Gasteiger partial charge < -0.3 is 24.4 Å². The standard InChI is InChI=1S/C29H38N2O5/c1-29(2,3)36-28(33)31-18-23(24(19-31)27(32)30-17-20-10-6-5-7-11-20)21-14-15-25(34-4)26(16-21)35-22-12-8-9-13-22/h5-7,10-11,14-16,22-24H,8-9,12-13,17-19H2,1-4H3,(H,30,32)/t23-,24+/m1/s1. The molecule has 2 amide bonds. The Morgan fingerprint density at radius 1 is 1.00 bits per heavy atom. The van der Waals surface area contributed by atoms with Crippen molar-refractivity contribution < 1.29 is 23.8 Å². The van der Waals surface area contributed by atoms with Gasteiger partial charge in [0.25, 0.3) is 0 Å². The summed E-state index contributed by atoms with van der Waals surface area (Å²) in [6, 6.07) is 15.7. The molecule has 2 atom stereocenters. The van der Waals surface area contributed by atoms with Crippen LogP contribution in [0.25, 0.3) is 0 Å². The zero-order valence-corrected chi connectivity index (χ0v) is 21.8. The molecule has 2 fully saturated rings. The number of rotatable bonds is 7. The first-order valence-corrected chi connectivity index (χ1v) is 12.9. The van der Waals surface area contributed by atoms with E-state index in [1.165, 1.54) is 12.8 Å². The van der Waals surface area contributed by atoms with E-state index in [0.717, 1.165) is 24.0 Å². The molecule has 2 aromatic rings. The number of nitrogens with one attached hydrogen (secondary N) is 1. The van der Waals surface area contributed by atoms with Gasteiger partial charge in [0.2, 0.25) is 5.91 Å². The van der Waals surface area contributed by atoms with Crippen molar-refractivity contribution >= 4 is 12.0 Å². The average Bonchev–Trinajstić information content (AvgIpc) is 3.52. The summed E-state index contributed by atoms with van der Waals surface area (Å²) in [6.45, 7) is 6.67. The molecule has 0 aromatic heterocycles. The second-order valence-corrected chi connectivity index (χ2v) is 10.7. The van der Waals surface area contributed by atoms with Gasteiger partial charge in [0.05, 0.1) is 19.1 Å². The van der Waals surface area contributed by atoms with E-state index in [1.54, 1.807) is 12.0 Å². The quantitative estimate of drug-likeness (QED) is 0.566. The lowest BCUT2D eigenvalue weighted by atomic mass is 9.88. The van der Waals surface area contributed by atoms with Crippen molar-refractivity contribution in [3.63, 3.8) is 0 Å². The Labute approximate surface area is 214 Å². The summed E-state index contributed by atoms with van der Waals surface area (Å²) in [5.41, 5.74) is 1.37. The molecule has 0 bridgehead atoms. The smallest absolute Gasteiger partial charge is 0.410 e. The van der Waals surface area contributed by atoms with E-state index in [-0.39, 0.29) is 17.9 Å². The number of carbonyl (C=O) groups is 2.